The van der Waals surface area contributed by atoms with Gasteiger partial charge in [-0.3, -0.25) is 0 Å². The summed E-state index contributed by atoms with van der Waals surface area (Å²) in [5, 5.41) is 3.61. The van der Waals surface area contributed by atoms with Crippen molar-refractivity contribution in [2.45, 2.75) is 36.2 Å². The number of ether oxygens (including phenoxy) is 1. The van der Waals surface area contributed by atoms with E-state index in [-0.39, 0.29) is 5.60 Å². The SMILES string of the molecule is CC1(CNCC2CSc3ccccc32)CCCO1. The monoisotopic (exact) mass is 263 g/mol. The third-order valence-corrected chi connectivity index (χ3v) is 5.24. The summed E-state index contributed by atoms with van der Waals surface area (Å²) in [5.41, 5.74) is 1.60. The van der Waals surface area contributed by atoms with E-state index in [1.54, 1.807) is 0 Å². The smallest absolute Gasteiger partial charge is 0.0779 e. The predicted molar refractivity (Wildman–Crippen MR) is 76.4 cm³/mol. The van der Waals surface area contributed by atoms with E-state index >= 15 is 0 Å². The number of hydrogen-bond acceptors (Lipinski definition) is 3. The van der Waals surface area contributed by atoms with Gasteiger partial charge in [0.15, 0.2) is 0 Å². The Morgan fingerprint density at radius 3 is 3.17 bits per heavy atom. The van der Waals surface area contributed by atoms with E-state index in [4.69, 9.17) is 4.74 Å². The van der Waals surface area contributed by atoms with E-state index in [2.05, 4.69) is 36.5 Å². The van der Waals surface area contributed by atoms with Crippen molar-refractivity contribution in [3.05, 3.63) is 29.8 Å². The van der Waals surface area contributed by atoms with Crippen LogP contribution in [-0.4, -0.2) is 31.1 Å². The minimum Gasteiger partial charge on any atom is -0.374 e. The lowest BCUT2D eigenvalue weighted by molar-refractivity contribution is 0.0209. The molecule has 2 aliphatic heterocycles. The molecule has 2 unspecified atom stereocenters. The molecule has 2 heterocycles. The van der Waals surface area contributed by atoms with Crippen molar-refractivity contribution in [2.75, 3.05) is 25.4 Å². The van der Waals surface area contributed by atoms with Gasteiger partial charge < -0.3 is 10.1 Å². The summed E-state index contributed by atoms with van der Waals surface area (Å²) in [5.74, 6) is 1.88. The van der Waals surface area contributed by atoms with Gasteiger partial charge in [-0.25, -0.2) is 0 Å². The fraction of sp³-hybridized carbons (Fsp3) is 0.600. The summed E-state index contributed by atoms with van der Waals surface area (Å²) < 4.78 is 5.81. The molecule has 2 nitrogen and oxygen atoms in total. The van der Waals surface area contributed by atoms with E-state index in [9.17, 15) is 0 Å². The molecule has 1 fully saturated rings. The second-order valence-corrected chi connectivity index (χ2v) is 6.64. The van der Waals surface area contributed by atoms with Gasteiger partial charge in [0.2, 0.25) is 0 Å². The molecule has 0 amide bonds. The van der Waals surface area contributed by atoms with Gasteiger partial charge in [0.1, 0.15) is 0 Å². The standard InChI is InChI=1S/C15H21NOS/c1-15(7-4-8-17-15)11-16-9-12-10-18-14-6-3-2-5-13(12)14/h2-3,5-6,12,16H,4,7-11H2,1H3. The molecule has 3 rings (SSSR count). The summed E-state index contributed by atoms with van der Waals surface area (Å²) in [4.78, 5) is 1.47. The van der Waals surface area contributed by atoms with Crippen LogP contribution >= 0.6 is 11.8 Å². The van der Waals surface area contributed by atoms with Gasteiger partial charge in [-0.05, 0) is 31.4 Å². The van der Waals surface area contributed by atoms with Crippen LogP contribution < -0.4 is 5.32 Å². The Kier molecular flexibility index (Phi) is 3.64. The number of nitrogens with one attached hydrogen (secondary N) is 1. The van der Waals surface area contributed by atoms with Crippen LogP contribution in [0, 0.1) is 0 Å². The summed E-state index contributed by atoms with van der Waals surface area (Å²) in [6.07, 6.45) is 2.40. The lowest BCUT2D eigenvalue weighted by Gasteiger charge is -2.24. The van der Waals surface area contributed by atoms with Crippen molar-refractivity contribution >= 4 is 11.8 Å². The molecule has 3 heteroatoms. The average molecular weight is 263 g/mol. The Hall–Kier alpha value is -0.510. The molecule has 0 saturated carbocycles. The topological polar surface area (TPSA) is 21.3 Å². The number of fused-ring (bicyclic) bond motifs is 1. The first-order valence-corrected chi connectivity index (χ1v) is 7.82. The van der Waals surface area contributed by atoms with E-state index in [1.165, 1.54) is 29.1 Å². The van der Waals surface area contributed by atoms with Gasteiger partial charge in [0.25, 0.3) is 0 Å². The van der Waals surface area contributed by atoms with Crippen molar-refractivity contribution in [1.29, 1.82) is 0 Å². The van der Waals surface area contributed by atoms with Crippen molar-refractivity contribution in [1.82, 2.24) is 5.32 Å². The maximum absolute atomic E-state index is 5.81. The third-order valence-electron chi connectivity index (χ3n) is 3.99. The zero-order chi connectivity index (χ0) is 12.4. The third kappa shape index (κ3) is 2.58. The van der Waals surface area contributed by atoms with E-state index in [0.717, 1.165) is 19.7 Å². The maximum atomic E-state index is 5.81. The Bertz CT molecular complexity index is 415. The minimum atomic E-state index is 0.0747. The first-order valence-electron chi connectivity index (χ1n) is 6.83. The molecule has 0 aromatic heterocycles. The van der Waals surface area contributed by atoms with Crippen LogP contribution in [0.1, 0.15) is 31.2 Å². The van der Waals surface area contributed by atoms with Gasteiger partial charge in [-0.2, -0.15) is 0 Å². The lowest BCUT2D eigenvalue weighted by Crippen LogP contribution is -2.38. The molecule has 2 aliphatic rings. The molecule has 98 valence electrons. The number of hydrogen-bond donors (Lipinski definition) is 1. The molecular formula is C15H21NOS. The Labute approximate surface area is 113 Å². The van der Waals surface area contributed by atoms with E-state index in [0.29, 0.717) is 5.92 Å². The highest BCUT2D eigenvalue weighted by molar-refractivity contribution is 7.99. The molecule has 1 aromatic rings. The molecule has 1 N–H and O–H groups in total. The Morgan fingerprint density at radius 1 is 1.44 bits per heavy atom. The summed E-state index contributed by atoms with van der Waals surface area (Å²) >= 11 is 1.99. The van der Waals surface area contributed by atoms with Crippen LogP contribution in [0.25, 0.3) is 0 Å². The molecule has 0 spiro atoms. The molecular weight excluding hydrogens is 242 g/mol. The van der Waals surface area contributed by atoms with E-state index in [1.807, 2.05) is 11.8 Å². The maximum Gasteiger partial charge on any atom is 0.0779 e. The normalized spacial score (nSPS) is 30.6. The second kappa shape index (κ2) is 5.24. The largest absolute Gasteiger partial charge is 0.374 e. The second-order valence-electron chi connectivity index (χ2n) is 5.58. The lowest BCUT2D eigenvalue weighted by atomic mass is 10.00. The van der Waals surface area contributed by atoms with Crippen LogP contribution in [0.2, 0.25) is 0 Å². The van der Waals surface area contributed by atoms with Crippen LogP contribution in [0.5, 0.6) is 0 Å². The number of rotatable bonds is 4. The quantitative estimate of drug-likeness (QED) is 0.902. The van der Waals surface area contributed by atoms with E-state index < -0.39 is 0 Å². The van der Waals surface area contributed by atoms with Crippen LogP contribution in [0.4, 0.5) is 0 Å². The van der Waals surface area contributed by atoms with Gasteiger partial charge in [0, 0.05) is 36.3 Å². The fourth-order valence-electron chi connectivity index (χ4n) is 2.89. The van der Waals surface area contributed by atoms with Gasteiger partial charge in [-0.1, -0.05) is 18.2 Å². The zero-order valence-corrected chi connectivity index (χ0v) is 11.8. The summed E-state index contributed by atoms with van der Waals surface area (Å²) in [6, 6.07) is 8.80. The Balaban J connectivity index is 1.53. The van der Waals surface area contributed by atoms with Gasteiger partial charge in [-0.15, -0.1) is 11.8 Å². The van der Waals surface area contributed by atoms with Crippen LogP contribution in [0.15, 0.2) is 29.2 Å². The molecule has 18 heavy (non-hydrogen) atoms. The highest BCUT2D eigenvalue weighted by Crippen LogP contribution is 2.38. The van der Waals surface area contributed by atoms with Crippen molar-refractivity contribution in [3.63, 3.8) is 0 Å². The van der Waals surface area contributed by atoms with Crippen molar-refractivity contribution in [2.24, 2.45) is 0 Å². The highest BCUT2D eigenvalue weighted by Gasteiger charge is 2.30. The molecule has 0 radical (unpaired) electrons. The number of thioether (sulfide) groups is 1. The van der Waals surface area contributed by atoms with Crippen molar-refractivity contribution in [3.8, 4) is 0 Å². The van der Waals surface area contributed by atoms with Gasteiger partial charge >= 0.3 is 0 Å². The summed E-state index contributed by atoms with van der Waals surface area (Å²) in [6.45, 7) is 5.21. The molecule has 0 bridgehead atoms. The molecule has 1 saturated heterocycles. The molecule has 2 atom stereocenters. The first-order chi connectivity index (χ1) is 8.77. The molecule has 1 aromatic carbocycles. The number of benzene rings is 1. The highest BCUT2D eigenvalue weighted by atomic mass is 32.2. The Morgan fingerprint density at radius 2 is 2.33 bits per heavy atom. The summed E-state index contributed by atoms with van der Waals surface area (Å²) in [7, 11) is 0. The van der Waals surface area contributed by atoms with Crippen LogP contribution in [0.3, 0.4) is 0 Å². The van der Waals surface area contributed by atoms with Crippen molar-refractivity contribution < 1.29 is 4.74 Å². The molecule has 0 aliphatic carbocycles. The first kappa shape index (κ1) is 12.5. The fourth-order valence-corrected chi connectivity index (χ4v) is 4.14. The predicted octanol–water partition coefficient (Wildman–Crippen LogP) is 3.03. The minimum absolute atomic E-state index is 0.0747. The van der Waals surface area contributed by atoms with Gasteiger partial charge in [0.05, 0.1) is 5.60 Å². The van der Waals surface area contributed by atoms with Crippen LogP contribution in [-0.2, 0) is 4.74 Å². The average Bonchev–Trinajstić information content (AvgIpc) is 2.97. The zero-order valence-electron chi connectivity index (χ0n) is 10.9.